The van der Waals surface area contributed by atoms with Crippen molar-refractivity contribution in [1.29, 1.82) is 0 Å². The molecule has 7 nitrogen and oxygen atoms in total. The number of hydrogen-bond acceptors (Lipinski definition) is 5. The molecule has 0 spiro atoms. The molecule has 0 saturated carbocycles. The molecule has 2 heterocycles. The Bertz CT molecular complexity index is 1140. The van der Waals surface area contributed by atoms with E-state index in [1.54, 1.807) is 30.2 Å². The zero-order valence-electron chi connectivity index (χ0n) is 16.1. The van der Waals surface area contributed by atoms with Crippen molar-refractivity contribution in [2.24, 2.45) is 0 Å². The van der Waals surface area contributed by atoms with Gasteiger partial charge >= 0.3 is 0 Å². The van der Waals surface area contributed by atoms with Gasteiger partial charge in [0.15, 0.2) is 0 Å². The third-order valence-corrected chi connectivity index (χ3v) is 4.76. The van der Waals surface area contributed by atoms with Gasteiger partial charge in [0.2, 0.25) is 0 Å². The predicted molar refractivity (Wildman–Crippen MR) is 110 cm³/mol. The van der Waals surface area contributed by atoms with Crippen LogP contribution in [0.25, 0.3) is 17.0 Å². The number of para-hydroxylation sites is 2. The number of ether oxygens (including phenoxy) is 2. The number of benzene rings is 2. The maximum Gasteiger partial charge on any atom is 0.258 e. The van der Waals surface area contributed by atoms with E-state index in [0.717, 1.165) is 11.3 Å². The Hall–Kier alpha value is -3.45. The minimum atomic E-state index is -0.223. The monoisotopic (exact) mass is 391 g/mol. The topological polar surface area (TPSA) is 84.5 Å². The summed E-state index contributed by atoms with van der Waals surface area (Å²) < 4.78 is 10.9. The van der Waals surface area contributed by atoms with E-state index in [1.165, 1.54) is 0 Å². The van der Waals surface area contributed by atoms with Crippen molar-refractivity contribution in [2.45, 2.75) is 6.54 Å². The van der Waals surface area contributed by atoms with Gasteiger partial charge in [0.25, 0.3) is 11.5 Å². The molecule has 0 bridgehead atoms. The molecule has 7 heteroatoms. The molecule has 0 fully saturated rings. The van der Waals surface area contributed by atoms with Crippen molar-refractivity contribution in [2.75, 3.05) is 26.9 Å². The summed E-state index contributed by atoms with van der Waals surface area (Å²) >= 11 is 0. The van der Waals surface area contributed by atoms with Crippen molar-refractivity contribution in [1.82, 2.24) is 14.9 Å². The van der Waals surface area contributed by atoms with Crippen molar-refractivity contribution < 1.29 is 14.3 Å². The van der Waals surface area contributed by atoms with Gasteiger partial charge in [-0.25, -0.2) is 4.98 Å². The fraction of sp³-hybridized carbons (Fsp3) is 0.227. The van der Waals surface area contributed by atoms with E-state index >= 15 is 0 Å². The zero-order valence-corrected chi connectivity index (χ0v) is 16.1. The van der Waals surface area contributed by atoms with Gasteiger partial charge < -0.3 is 19.4 Å². The highest BCUT2D eigenvalue weighted by atomic mass is 16.5. The van der Waals surface area contributed by atoms with E-state index in [4.69, 9.17) is 9.47 Å². The van der Waals surface area contributed by atoms with Crippen LogP contribution in [0.1, 0.15) is 11.4 Å². The number of fused-ring (bicyclic) bond motifs is 2. The molecule has 1 aliphatic heterocycles. The molecular weight excluding hydrogens is 370 g/mol. The average Bonchev–Trinajstić information content (AvgIpc) is 2.76. The molecule has 1 aliphatic rings. The smallest absolute Gasteiger partial charge is 0.258 e. The van der Waals surface area contributed by atoms with Crippen LogP contribution in [0.3, 0.4) is 0 Å². The molecule has 148 valence electrons. The lowest BCUT2D eigenvalue weighted by Crippen LogP contribution is -2.37. The molecule has 4 rings (SSSR count). The number of rotatable bonds is 6. The number of carbonyl (C=O) groups is 1. The summed E-state index contributed by atoms with van der Waals surface area (Å²) in [5, 5.41) is 0.519. The molecule has 0 radical (unpaired) electrons. The van der Waals surface area contributed by atoms with E-state index in [9.17, 15) is 9.59 Å². The zero-order chi connectivity index (χ0) is 20.2. The van der Waals surface area contributed by atoms with E-state index in [1.807, 2.05) is 36.4 Å². The lowest BCUT2D eigenvalue weighted by molar-refractivity contribution is -0.128. The second kappa shape index (κ2) is 8.28. The van der Waals surface area contributed by atoms with Crippen molar-refractivity contribution in [3.8, 4) is 5.75 Å². The van der Waals surface area contributed by atoms with Crippen molar-refractivity contribution >= 4 is 22.9 Å². The van der Waals surface area contributed by atoms with Gasteiger partial charge in [-0.3, -0.25) is 9.59 Å². The summed E-state index contributed by atoms with van der Waals surface area (Å²) in [5.41, 5.74) is 1.78. The maximum atomic E-state index is 13.2. The first-order valence-electron chi connectivity index (χ1n) is 9.34. The fourth-order valence-corrected chi connectivity index (χ4v) is 3.29. The van der Waals surface area contributed by atoms with Crippen LogP contribution in [0.5, 0.6) is 5.75 Å². The van der Waals surface area contributed by atoms with Gasteiger partial charge in [0.05, 0.1) is 29.6 Å². The normalized spacial score (nSPS) is 12.8. The molecule has 3 aromatic rings. The van der Waals surface area contributed by atoms with Gasteiger partial charge in [-0.05, 0) is 24.3 Å². The van der Waals surface area contributed by atoms with Gasteiger partial charge in [-0.15, -0.1) is 0 Å². The SMILES string of the molecule is COCCN(Cc1nc2ccccc2c(=O)[nH]1)C(=O)C1=Cc2ccccc2OC1. The number of H-pyrrole nitrogens is 1. The van der Waals surface area contributed by atoms with Crippen LogP contribution in [0.15, 0.2) is 58.9 Å². The largest absolute Gasteiger partial charge is 0.488 e. The average molecular weight is 391 g/mol. The van der Waals surface area contributed by atoms with Crippen LogP contribution in [0.4, 0.5) is 0 Å². The van der Waals surface area contributed by atoms with Crippen molar-refractivity contribution in [3.05, 3.63) is 75.8 Å². The molecule has 1 N–H and O–H groups in total. The third-order valence-electron chi connectivity index (χ3n) is 4.76. The van der Waals surface area contributed by atoms with E-state index in [2.05, 4.69) is 9.97 Å². The molecule has 0 unspecified atom stereocenters. The highest BCUT2D eigenvalue weighted by Crippen LogP contribution is 2.26. The first-order chi connectivity index (χ1) is 14.2. The molecule has 0 aliphatic carbocycles. The van der Waals surface area contributed by atoms with Crippen LogP contribution in [-0.2, 0) is 16.1 Å². The molecule has 29 heavy (non-hydrogen) atoms. The Balaban J connectivity index is 1.62. The molecule has 1 aromatic heterocycles. The van der Waals surface area contributed by atoms with Gasteiger partial charge in [-0.2, -0.15) is 0 Å². The lowest BCUT2D eigenvalue weighted by atomic mass is 10.1. The summed E-state index contributed by atoms with van der Waals surface area (Å²) in [7, 11) is 1.58. The Kier molecular flexibility index (Phi) is 5.39. The van der Waals surface area contributed by atoms with Crippen LogP contribution in [0.2, 0.25) is 0 Å². The summed E-state index contributed by atoms with van der Waals surface area (Å²) in [5.74, 6) is 1.01. The number of aromatic nitrogens is 2. The number of aromatic amines is 1. The Morgan fingerprint density at radius 2 is 2.00 bits per heavy atom. The highest BCUT2D eigenvalue weighted by Gasteiger charge is 2.23. The standard InChI is InChI=1S/C22H21N3O4/c1-28-11-10-25(13-20-23-18-8-4-3-7-17(18)21(26)24-20)22(27)16-12-15-6-2-5-9-19(15)29-14-16/h2-9,12H,10-11,13-14H2,1H3,(H,23,24,26). The molecule has 1 amide bonds. The second-order valence-corrected chi connectivity index (χ2v) is 6.75. The molecule has 0 atom stereocenters. The first kappa shape index (κ1) is 18.9. The van der Waals surface area contributed by atoms with Crippen LogP contribution in [-0.4, -0.2) is 47.6 Å². The van der Waals surface area contributed by atoms with E-state index in [-0.39, 0.29) is 24.6 Å². The number of nitrogens with one attached hydrogen (secondary N) is 1. The minimum absolute atomic E-state index is 0.168. The highest BCUT2D eigenvalue weighted by molar-refractivity contribution is 5.99. The number of methoxy groups -OCH3 is 1. The Labute approximate surface area is 167 Å². The van der Waals surface area contributed by atoms with Crippen molar-refractivity contribution in [3.63, 3.8) is 0 Å². The van der Waals surface area contributed by atoms with Gasteiger partial charge in [-0.1, -0.05) is 30.3 Å². The molecule has 2 aromatic carbocycles. The number of carbonyl (C=O) groups excluding carboxylic acids is 1. The van der Waals surface area contributed by atoms with Gasteiger partial charge in [0.1, 0.15) is 18.2 Å². The Morgan fingerprint density at radius 3 is 2.86 bits per heavy atom. The fourth-order valence-electron chi connectivity index (χ4n) is 3.29. The number of hydrogen-bond donors (Lipinski definition) is 1. The van der Waals surface area contributed by atoms with Crippen LogP contribution >= 0.6 is 0 Å². The van der Waals surface area contributed by atoms with E-state index < -0.39 is 0 Å². The van der Waals surface area contributed by atoms with E-state index in [0.29, 0.717) is 35.5 Å². The molecule has 0 saturated heterocycles. The summed E-state index contributed by atoms with van der Waals surface area (Å²) in [6.07, 6.45) is 1.84. The first-order valence-corrected chi connectivity index (χ1v) is 9.34. The second-order valence-electron chi connectivity index (χ2n) is 6.75. The predicted octanol–water partition coefficient (Wildman–Crippen LogP) is 2.37. The quantitative estimate of drug-likeness (QED) is 0.697. The number of amides is 1. The Morgan fingerprint density at radius 1 is 1.21 bits per heavy atom. The number of nitrogens with zero attached hydrogens (tertiary/aromatic N) is 2. The molecular formula is C22H21N3O4. The van der Waals surface area contributed by atoms with Gasteiger partial charge in [0, 0.05) is 19.2 Å². The van der Waals surface area contributed by atoms with Crippen LogP contribution in [0, 0.1) is 0 Å². The summed E-state index contributed by atoms with van der Waals surface area (Å²) in [6.45, 7) is 1.10. The third kappa shape index (κ3) is 4.05. The summed E-state index contributed by atoms with van der Waals surface area (Å²) in [6, 6.07) is 14.7. The lowest BCUT2D eigenvalue weighted by Gasteiger charge is -2.25. The maximum absolute atomic E-state index is 13.2. The minimum Gasteiger partial charge on any atom is -0.488 e. The summed E-state index contributed by atoms with van der Waals surface area (Å²) in [4.78, 5) is 34.4. The van der Waals surface area contributed by atoms with Crippen LogP contribution < -0.4 is 10.3 Å².